The number of hydrogen-bond donors (Lipinski definition) is 1. The van der Waals surface area contributed by atoms with Gasteiger partial charge in [0.2, 0.25) is 0 Å². The molecule has 0 radical (unpaired) electrons. The van der Waals surface area contributed by atoms with Crippen LogP contribution in [0.3, 0.4) is 0 Å². The van der Waals surface area contributed by atoms with Crippen molar-refractivity contribution < 1.29 is 37.3 Å². The molecule has 0 aliphatic heterocycles. The minimum atomic E-state index is -4.27. The van der Waals surface area contributed by atoms with Crippen LogP contribution in [0.4, 0.5) is 0 Å². The number of quaternary nitrogens is 1. The van der Waals surface area contributed by atoms with E-state index in [1.54, 1.807) is 0 Å². The molecule has 0 aliphatic carbocycles. The van der Waals surface area contributed by atoms with Crippen molar-refractivity contribution >= 4 is 13.8 Å². The Hall–Kier alpha value is -1.02. The number of likely N-dealkylation sites (N-methyl/N-ethyl adjacent to an activating group) is 1. The molecule has 0 bridgehead atoms. The Balaban J connectivity index is 4.28. The predicted octanol–water partition coefficient (Wildman–Crippen LogP) is 11.7. The molecule has 296 valence electrons. The molecular formula is C41H81NO7P+. The number of unbranched alkanes of at least 4 members (excludes halogenated alkanes) is 20. The molecule has 0 aromatic carbocycles. The number of phosphoric acid groups is 1. The normalized spacial score (nSPS) is 14.1. The van der Waals surface area contributed by atoms with Crippen LogP contribution in [0, 0.1) is 0 Å². The summed E-state index contributed by atoms with van der Waals surface area (Å²) in [5, 5.41) is 0. The van der Waals surface area contributed by atoms with Gasteiger partial charge in [0.1, 0.15) is 19.3 Å². The highest BCUT2D eigenvalue weighted by Gasteiger charge is 2.26. The van der Waals surface area contributed by atoms with Gasteiger partial charge >= 0.3 is 13.8 Å². The summed E-state index contributed by atoms with van der Waals surface area (Å²) in [5.74, 6) is -0.325. The maximum atomic E-state index is 12.6. The molecule has 0 saturated heterocycles. The monoisotopic (exact) mass is 731 g/mol. The van der Waals surface area contributed by atoms with E-state index >= 15 is 0 Å². The number of rotatable bonds is 38. The molecule has 0 aliphatic rings. The van der Waals surface area contributed by atoms with E-state index in [0.29, 0.717) is 24.1 Å². The average Bonchev–Trinajstić information content (AvgIpc) is 3.06. The van der Waals surface area contributed by atoms with Gasteiger partial charge in [-0.15, -0.1) is 0 Å². The summed E-state index contributed by atoms with van der Waals surface area (Å²) in [5.41, 5.74) is 0. The highest BCUT2D eigenvalue weighted by molar-refractivity contribution is 7.47. The Labute approximate surface area is 309 Å². The Morgan fingerprint density at radius 2 is 1.04 bits per heavy atom. The van der Waals surface area contributed by atoms with Gasteiger partial charge in [-0.05, 0) is 64.2 Å². The van der Waals surface area contributed by atoms with Gasteiger partial charge < -0.3 is 18.9 Å². The fourth-order valence-corrected chi connectivity index (χ4v) is 6.22. The molecule has 0 saturated carbocycles. The van der Waals surface area contributed by atoms with Crippen molar-refractivity contribution in [3.63, 3.8) is 0 Å². The van der Waals surface area contributed by atoms with Gasteiger partial charge in [-0.3, -0.25) is 13.8 Å². The molecule has 0 aromatic rings. The Bertz CT molecular complexity index is 858. The van der Waals surface area contributed by atoms with Crippen molar-refractivity contribution in [3.05, 3.63) is 24.3 Å². The fourth-order valence-electron chi connectivity index (χ4n) is 5.48. The number of carbonyl (C=O) groups excluding carboxylic acids is 1. The third kappa shape index (κ3) is 38.2. The van der Waals surface area contributed by atoms with E-state index in [-0.39, 0.29) is 25.8 Å². The van der Waals surface area contributed by atoms with Gasteiger partial charge in [-0.25, -0.2) is 4.57 Å². The third-order valence-corrected chi connectivity index (χ3v) is 9.72. The first kappa shape index (κ1) is 49.0. The summed E-state index contributed by atoms with van der Waals surface area (Å²) in [6, 6.07) is 0. The second-order valence-electron chi connectivity index (χ2n) is 15.0. The number of carbonyl (C=O) groups is 1. The molecule has 0 heterocycles. The second kappa shape index (κ2) is 35.0. The van der Waals surface area contributed by atoms with Gasteiger partial charge in [0, 0.05) is 13.0 Å². The zero-order valence-electron chi connectivity index (χ0n) is 33.4. The predicted molar refractivity (Wildman–Crippen MR) is 210 cm³/mol. The minimum Gasteiger partial charge on any atom is -0.457 e. The maximum Gasteiger partial charge on any atom is 0.472 e. The van der Waals surface area contributed by atoms with E-state index in [0.717, 1.165) is 44.9 Å². The van der Waals surface area contributed by atoms with E-state index < -0.39 is 13.9 Å². The topological polar surface area (TPSA) is 91.3 Å². The second-order valence-corrected chi connectivity index (χ2v) is 16.5. The standard InChI is InChI=1S/C41H80NO7P/c1-6-8-10-12-14-16-18-20-21-23-25-27-29-31-33-36-46-38-40(39-48-50(44,45)47-37-35-42(3,4)5)49-41(43)34-32-30-28-26-24-22-19-17-15-13-11-9-7-2/h17-20,40H,6-16,21-39H2,1-5H3/p+1/b19-17-,20-18-. The molecule has 2 unspecified atom stereocenters. The quantitative estimate of drug-likeness (QED) is 0.0222. The van der Waals surface area contributed by atoms with E-state index in [1.807, 2.05) is 21.1 Å². The molecule has 0 aromatic heterocycles. The molecule has 2 atom stereocenters. The molecule has 0 amide bonds. The van der Waals surface area contributed by atoms with Crippen LogP contribution in [0.1, 0.15) is 174 Å². The third-order valence-electron chi connectivity index (χ3n) is 8.74. The molecule has 9 heteroatoms. The molecule has 1 N–H and O–H groups in total. The highest BCUT2D eigenvalue weighted by Crippen LogP contribution is 2.43. The number of nitrogens with zero attached hydrogens (tertiary/aromatic N) is 1. The van der Waals surface area contributed by atoms with E-state index in [1.165, 1.54) is 109 Å². The first-order chi connectivity index (χ1) is 24.1. The SMILES string of the molecule is CCCCCC/C=C\CCCCCCCC(=O)OC(COCCCCCCCC/C=C\CCCCCCC)COP(=O)(O)OCC[N+](C)(C)C. The van der Waals surface area contributed by atoms with Gasteiger partial charge in [-0.1, -0.05) is 128 Å². The van der Waals surface area contributed by atoms with Crippen molar-refractivity contribution in [2.75, 3.05) is 54.1 Å². The van der Waals surface area contributed by atoms with Crippen LogP contribution in [0.5, 0.6) is 0 Å². The number of ether oxygens (including phenoxy) is 2. The first-order valence-corrected chi connectivity index (χ1v) is 22.1. The van der Waals surface area contributed by atoms with Crippen LogP contribution >= 0.6 is 7.82 Å². The molecule has 50 heavy (non-hydrogen) atoms. The van der Waals surface area contributed by atoms with E-state index in [4.69, 9.17) is 18.5 Å². The lowest BCUT2D eigenvalue weighted by Crippen LogP contribution is -2.37. The molecule has 8 nitrogen and oxygen atoms in total. The average molecular weight is 731 g/mol. The Morgan fingerprint density at radius 1 is 0.600 bits per heavy atom. The minimum absolute atomic E-state index is 0.0868. The lowest BCUT2D eigenvalue weighted by Gasteiger charge is -2.24. The summed E-state index contributed by atoms with van der Waals surface area (Å²) >= 11 is 0. The van der Waals surface area contributed by atoms with Gasteiger partial charge in [-0.2, -0.15) is 0 Å². The zero-order chi connectivity index (χ0) is 37.0. The zero-order valence-corrected chi connectivity index (χ0v) is 34.3. The van der Waals surface area contributed by atoms with Crippen LogP contribution < -0.4 is 0 Å². The van der Waals surface area contributed by atoms with Gasteiger partial charge in [0.15, 0.2) is 0 Å². The van der Waals surface area contributed by atoms with Crippen LogP contribution in [0.25, 0.3) is 0 Å². The smallest absolute Gasteiger partial charge is 0.457 e. The van der Waals surface area contributed by atoms with E-state index in [2.05, 4.69) is 38.2 Å². The summed E-state index contributed by atoms with van der Waals surface area (Å²) in [6.07, 6.45) is 37.7. The van der Waals surface area contributed by atoms with Gasteiger partial charge in [0.05, 0.1) is 34.4 Å². The van der Waals surface area contributed by atoms with Crippen molar-refractivity contribution in [2.24, 2.45) is 0 Å². The fraction of sp³-hybridized carbons (Fsp3) is 0.878. The number of hydrogen-bond acceptors (Lipinski definition) is 6. The summed E-state index contributed by atoms with van der Waals surface area (Å²) in [7, 11) is 1.66. The summed E-state index contributed by atoms with van der Waals surface area (Å²) < 4.78 is 34.9. The number of phosphoric ester groups is 1. The Kier molecular flexibility index (Phi) is 34.3. The molecular weight excluding hydrogens is 649 g/mol. The lowest BCUT2D eigenvalue weighted by atomic mass is 10.1. The van der Waals surface area contributed by atoms with Crippen LogP contribution in [0.2, 0.25) is 0 Å². The highest BCUT2D eigenvalue weighted by atomic mass is 31.2. The molecule has 0 spiro atoms. The van der Waals surface area contributed by atoms with Crippen LogP contribution in [-0.2, 0) is 27.9 Å². The molecule has 0 rings (SSSR count). The molecule has 0 fully saturated rings. The van der Waals surface area contributed by atoms with Crippen molar-refractivity contribution in [1.29, 1.82) is 0 Å². The van der Waals surface area contributed by atoms with Crippen molar-refractivity contribution in [2.45, 2.75) is 180 Å². The van der Waals surface area contributed by atoms with Crippen molar-refractivity contribution in [3.8, 4) is 0 Å². The lowest BCUT2D eigenvalue weighted by molar-refractivity contribution is -0.870. The summed E-state index contributed by atoms with van der Waals surface area (Å²) in [6.45, 7) is 5.58. The Morgan fingerprint density at radius 3 is 1.54 bits per heavy atom. The number of esters is 1. The van der Waals surface area contributed by atoms with E-state index in [9.17, 15) is 14.3 Å². The van der Waals surface area contributed by atoms with Gasteiger partial charge in [0.25, 0.3) is 0 Å². The largest absolute Gasteiger partial charge is 0.472 e. The van der Waals surface area contributed by atoms with Crippen LogP contribution in [-0.4, -0.2) is 75.6 Å². The number of allylic oxidation sites excluding steroid dienone is 4. The maximum absolute atomic E-state index is 12.6. The van der Waals surface area contributed by atoms with Crippen molar-refractivity contribution in [1.82, 2.24) is 0 Å². The summed E-state index contributed by atoms with van der Waals surface area (Å²) in [4.78, 5) is 22.8. The first-order valence-electron chi connectivity index (χ1n) is 20.6. The van der Waals surface area contributed by atoms with Crippen LogP contribution in [0.15, 0.2) is 24.3 Å².